The van der Waals surface area contributed by atoms with E-state index in [4.69, 9.17) is 0 Å². The Bertz CT molecular complexity index is 167. The Hall–Kier alpha value is -0.0800. The number of hydrogen-bond donors (Lipinski definition) is 1. The molecule has 1 saturated heterocycles. The average molecular weight is 212 g/mol. The monoisotopic (exact) mass is 212 g/mol. The first-order valence-corrected chi connectivity index (χ1v) is 6.63. The van der Waals surface area contributed by atoms with Crippen LogP contribution in [0.15, 0.2) is 0 Å². The number of nitrogens with one attached hydrogen (secondary N) is 1. The van der Waals surface area contributed by atoms with Gasteiger partial charge in [0.2, 0.25) is 0 Å². The summed E-state index contributed by atoms with van der Waals surface area (Å²) >= 11 is 0. The molecule has 0 aromatic rings. The lowest BCUT2D eigenvalue weighted by molar-refractivity contribution is 0.175. The SMILES string of the molecule is CCN1CCC(NC(C)(CC)CC)CC1. The topological polar surface area (TPSA) is 15.3 Å². The van der Waals surface area contributed by atoms with Crippen molar-refractivity contribution in [1.29, 1.82) is 0 Å². The van der Waals surface area contributed by atoms with Crippen molar-refractivity contribution < 1.29 is 0 Å². The lowest BCUT2D eigenvalue weighted by Gasteiger charge is -2.38. The molecule has 0 aliphatic carbocycles. The molecule has 0 radical (unpaired) electrons. The van der Waals surface area contributed by atoms with Crippen molar-refractivity contribution >= 4 is 0 Å². The van der Waals surface area contributed by atoms with Crippen molar-refractivity contribution in [3.8, 4) is 0 Å². The highest BCUT2D eigenvalue weighted by Crippen LogP contribution is 2.19. The summed E-state index contributed by atoms with van der Waals surface area (Å²) in [4.78, 5) is 2.55. The van der Waals surface area contributed by atoms with E-state index in [0.717, 1.165) is 6.04 Å². The quantitative estimate of drug-likeness (QED) is 0.753. The van der Waals surface area contributed by atoms with Gasteiger partial charge in [-0.2, -0.15) is 0 Å². The lowest BCUT2D eigenvalue weighted by atomic mass is 9.92. The van der Waals surface area contributed by atoms with Gasteiger partial charge in [-0.25, -0.2) is 0 Å². The largest absolute Gasteiger partial charge is 0.309 e. The normalized spacial score (nSPS) is 20.8. The van der Waals surface area contributed by atoms with Crippen LogP contribution < -0.4 is 5.32 Å². The Morgan fingerprint density at radius 1 is 1.13 bits per heavy atom. The minimum absolute atomic E-state index is 0.360. The molecule has 1 heterocycles. The van der Waals surface area contributed by atoms with E-state index < -0.39 is 0 Å². The first-order valence-electron chi connectivity index (χ1n) is 6.63. The molecule has 1 aliphatic rings. The van der Waals surface area contributed by atoms with Crippen LogP contribution in [0.2, 0.25) is 0 Å². The van der Waals surface area contributed by atoms with Crippen LogP contribution in [0.4, 0.5) is 0 Å². The van der Waals surface area contributed by atoms with Crippen molar-refractivity contribution in [2.45, 2.75) is 65.0 Å². The zero-order valence-corrected chi connectivity index (χ0v) is 11.0. The summed E-state index contributed by atoms with van der Waals surface area (Å²) in [6.07, 6.45) is 5.11. The first kappa shape index (κ1) is 13.0. The van der Waals surface area contributed by atoms with E-state index >= 15 is 0 Å². The Morgan fingerprint density at radius 2 is 1.67 bits per heavy atom. The lowest BCUT2D eigenvalue weighted by Crippen LogP contribution is -2.51. The fourth-order valence-electron chi connectivity index (χ4n) is 2.34. The molecular weight excluding hydrogens is 184 g/mol. The summed E-state index contributed by atoms with van der Waals surface area (Å²) < 4.78 is 0. The summed E-state index contributed by atoms with van der Waals surface area (Å²) in [5.74, 6) is 0. The summed E-state index contributed by atoms with van der Waals surface area (Å²) in [6, 6.07) is 0.748. The Kier molecular flexibility index (Phi) is 5.07. The van der Waals surface area contributed by atoms with Gasteiger partial charge in [0.1, 0.15) is 0 Å². The van der Waals surface area contributed by atoms with Crippen molar-refractivity contribution in [1.82, 2.24) is 10.2 Å². The van der Waals surface area contributed by atoms with Gasteiger partial charge in [-0.05, 0) is 52.2 Å². The van der Waals surface area contributed by atoms with E-state index in [1.54, 1.807) is 0 Å². The first-order chi connectivity index (χ1) is 7.13. The second kappa shape index (κ2) is 5.86. The minimum atomic E-state index is 0.360. The number of hydrogen-bond acceptors (Lipinski definition) is 2. The molecule has 0 saturated carbocycles. The van der Waals surface area contributed by atoms with Crippen molar-refractivity contribution in [2.75, 3.05) is 19.6 Å². The van der Waals surface area contributed by atoms with Gasteiger partial charge in [0, 0.05) is 11.6 Å². The molecule has 1 rings (SSSR count). The molecule has 0 aromatic heterocycles. The number of rotatable bonds is 5. The maximum atomic E-state index is 3.85. The van der Waals surface area contributed by atoms with Crippen LogP contribution in [0.1, 0.15) is 53.4 Å². The molecule has 1 N–H and O–H groups in total. The molecule has 1 fully saturated rings. The highest BCUT2D eigenvalue weighted by molar-refractivity contribution is 4.86. The highest BCUT2D eigenvalue weighted by Gasteiger charge is 2.25. The van der Waals surface area contributed by atoms with E-state index in [1.165, 1.54) is 45.3 Å². The third kappa shape index (κ3) is 3.76. The molecule has 0 spiro atoms. The fourth-order valence-corrected chi connectivity index (χ4v) is 2.34. The molecular formula is C13H28N2. The van der Waals surface area contributed by atoms with Crippen LogP contribution >= 0.6 is 0 Å². The fraction of sp³-hybridized carbons (Fsp3) is 1.00. The van der Waals surface area contributed by atoms with Gasteiger partial charge in [0.25, 0.3) is 0 Å². The molecule has 0 atom stereocenters. The molecule has 0 bridgehead atoms. The van der Waals surface area contributed by atoms with Crippen LogP contribution in [-0.2, 0) is 0 Å². The summed E-state index contributed by atoms with van der Waals surface area (Å²) in [7, 11) is 0. The van der Waals surface area contributed by atoms with Crippen LogP contribution in [0, 0.1) is 0 Å². The Labute approximate surface area is 95.4 Å². The van der Waals surface area contributed by atoms with Gasteiger partial charge in [-0.1, -0.05) is 20.8 Å². The molecule has 90 valence electrons. The van der Waals surface area contributed by atoms with Gasteiger partial charge in [0.05, 0.1) is 0 Å². The zero-order valence-electron chi connectivity index (χ0n) is 11.0. The van der Waals surface area contributed by atoms with Crippen LogP contribution in [-0.4, -0.2) is 36.1 Å². The van der Waals surface area contributed by atoms with Crippen molar-refractivity contribution in [3.63, 3.8) is 0 Å². The molecule has 1 aliphatic heterocycles. The highest BCUT2D eigenvalue weighted by atomic mass is 15.1. The Balaban J connectivity index is 2.34. The standard InChI is InChI=1S/C13H28N2/c1-5-13(4,6-2)14-12-8-10-15(7-3)11-9-12/h12,14H,5-11H2,1-4H3. The predicted octanol–water partition coefficient (Wildman–Crippen LogP) is 2.64. The summed E-state index contributed by atoms with van der Waals surface area (Å²) in [5, 5.41) is 3.85. The average Bonchev–Trinajstić information content (AvgIpc) is 2.30. The van der Waals surface area contributed by atoms with Gasteiger partial charge in [-0.3, -0.25) is 0 Å². The Morgan fingerprint density at radius 3 is 2.07 bits per heavy atom. The molecule has 0 unspecified atom stereocenters. The number of nitrogens with zero attached hydrogens (tertiary/aromatic N) is 1. The second-order valence-corrected chi connectivity index (χ2v) is 5.12. The molecule has 2 nitrogen and oxygen atoms in total. The molecule has 2 heteroatoms. The molecule has 15 heavy (non-hydrogen) atoms. The third-order valence-electron chi connectivity index (χ3n) is 4.15. The van der Waals surface area contributed by atoms with Gasteiger partial charge in [-0.15, -0.1) is 0 Å². The maximum absolute atomic E-state index is 3.85. The zero-order chi connectivity index (χ0) is 11.3. The molecule has 0 aromatic carbocycles. The third-order valence-corrected chi connectivity index (χ3v) is 4.15. The van der Waals surface area contributed by atoms with E-state index in [2.05, 4.69) is 37.9 Å². The van der Waals surface area contributed by atoms with Gasteiger partial charge >= 0.3 is 0 Å². The smallest absolute Gasteiger partial charge is 0.0150 e. The van der Waals surface area contributed by atoms with Gasteiger partial charge < -0.3 is 10.2 Å². The van der Waals surface area contributed by atoms with E-state index in [9.17, 15) is 0 Å². The van der Waals surface area contributed by atoms with E-state index in [0.29, 0.717) is 5.54 Å². The van der Waals surface area contributed by atoms with Crippen LogP contribution in [0.5, 0.6) is 0 Å². The van der Waals surface area contributed by atoms with Crippen molar-refractivity contribution in [3.05, 3.63) is 0 Å². The molecule has 0 amide bonds. The number of likely N-dealkylation sites (tertiary alicyclic amines) is 1. The van der Waals surface area contributed by atoms with E-state index in [1.807, 2.05) is 0 Å². The number of piperidine rings is 1. The van der Waals surface area contributed by atoms with Crippen LogP contribution in [0.3, 0.4) is 0 Å². The summed E-state index contributed by atoms with van der Waals surface area (Å²) in [6.45, 7) is 13.0. The minimum Gasteiger partial charge on any atom is -0.309 e. The predicted molar refractivity (Wildman–Crippen MR) is 67.3 cm³/mol. The van der Waals surface area contributed by atoms with Gasteiger partial charge in [0.15, 0.2) is 0 Å². The maximum Gasteiger partial charge on any atom is 0.0150 e. The van der Waals surface area contributed by atoms with E-state index in [-0.39, 0.29) is 0 Å². The summed E-state index contributed by atoms with van der Waals surface area (Å²) in [5.41, 5.74) is 0.360. The second-order valence-electron chi connectivity index (χ2n) is 5.12. The van der Waals surface area contributed by atoms with Crippen LogP contribution in [0.25, 0.3) is 0 Å². The van der Waals surface area contributed by atoms with Crippen molar-refractivity contribution in [2.24, 2.45) is 0 Å².